The molecule has 1 aromatic carbocycles. The van der Waals surface area contributed by atoms with E-state index >= 15 is 0 Å². The molecule has 0 atom stereocenters. The van der Waals surface area contributed by atoms with Gasteiger partial charge in [-0.25, -0.2) is 0 Å². The van der Waals surface area contributed by atoms with Gasteiger partial charge in [-0.15, -0.1) is 0 Å². The Balaban J connectivity index is 1.82. The van der Waals surface area contributed by atoms with E-state index < -0.39 is 4.92 Å². The van der Waals surface area contributed by atoms with Gasteiger partial charge in [0.15, 0.2) is 0 Å². The molecule has 0 bridgehead atoms. The molecule has 0 aliphatic carbocycles. The predicted octanol–water partition coefficient (Wildman–Crippen LogP) is 0.770. The largest absolute Gasteiger partial charge is 0.368 e. The molecule has 1 heterocycles. The maximum atomic E-state index is 12.0. The Labute approximate surface area is 134 Å². The topological polar surface area (TPSA) is 95.8 Å². The summed E-state index contributed by atoms with van der Waals surface area (Å²) in [6, 6.07) is 6.43. The molecule has 1 aliphatic rings. The summed E-state index contributed by atoms with van der Waals surface area (Å²) in [5.74, 6) is -0.108. The highest BCUT2D eigenvalue weighted by Gasteiger charge is 2.21. The van der Waals surface area contributed by atoms with Crippen molar-refractivity contribution >= 4 is 23.2 Å². The molecule has 0 aromatic heterocycles. The number of nitrogens with one attached hydrogen (secondary N) is 1. The number of benzene rings is 1. The number of nitro benzene ring substituents is 1. The number of hydrogen-bond donors (Lipinski definition) is 1. The lowest BCUT2D eigenvalue weighted by atomic mass is 10.2. The third kappa shape index (κ3) is 4.67. The summed E-state index contributed by atoms with van der Waals surface area (Å²) >= 11 is 0. The minimum Gasteiger partial charge on any atom is -0.368 e. The zero-order valence-electron chi connectivity index (χ0n) is 13.0. The van der Waals surface area contributed by atoms with E-state index in [0.29, 0.717) is 39.1 Å². The average Bonchev–Trinajstić information content (AvgIpc) is 2.54. The number of hydrogen-bond acceptors (Lipinski definition) is 5. The van der Waals surface area contributed by atoms with E-state index in [0.717, 1.165) is 5.69 Å². The van der Waals surface area contributed by atoms with Crippen molar-refractivity contribution in [1.82, 2.24) is 10.2 Å². The summed E-state index contributed by atoms with van der Waals surface area (Å²) < 4.78 is 0. The summed E-state index contributed by atoms with van der Waals surface area (Å²) in [5.41, 5.74) is 0.987. The van der Waals surface area contributed by atoms with Crippen LogP contribution in [0.1, 0.15) is 13.3 Å². The molecule has 0 radical (unpaired) electrons. The number of nitro groups is 1. The molecule has 1 fully saturated rings. The molecular weight excluding hydrogens is 300 g/mol. The molecule has 8 heteroatoms. The first-order valence-electron chi connectivity index (χ1n) is 7.49. The van der Waals surface area contributed by atoms with Crippen LogP contribution >= 0.6 is 0 Å². The third-order valence-electron chi connectivity index (χ3n) is 3.77. The van der Waals surface area contributed by atoms with Crippen LogP contribution < -0.4 is 10.2 Å². The lowest BCUT2D eigenvalue weighted by molar-refractivity contribution is -0.384. The normalized spacial score (nSPS) is 14.5. The van der Waals surface area contributed by atoms with Crippen molar-refractivity contribution in [2.24, 2.45) is 0 Å². The van der Waals surface area contributed by atoms with Crippen molar-refractivity contribution in [2.45, 2.75) is 13.3 Å². The van der Waals surface area contributed by atoms with Gasteiger partial charge in [-0.1, -0.05) is 0 Å². The fourth-order valence-corrected chi connectivity index (χ4v) is 2.50. The molecule has 1 N–H and O–H groups in total. The Morgan fingerprint density at radius 1 is 1.17 bits per heavy atom. The first-order chi connectivity index (χ1) is 11.0. The second-order valence-corrected chi connectivity index (χ2v) is 5.37. The van der Waals surface area contributed by atoms with Crippen LogP contribution in [-0.4, -0.2) is 54.4 Å². The van der Waals surface area contributed by atoms with Gasteiger partial charge in [-0.3, -0.25) is 19.7 Å². The standard InChI is InChI=1S/C15H20N4O4/c1-12(20)16-7-6-15(21)18-10-8-17(9-11-18)13-2-4-14(5-3-13)19(22)23/h2-5H,6-11H2,1H3,(H,16,20). The first-order valence-corrected chi connectivity index (χ1v) is 7.49. The number of piperazine rings is 1. The van der Waals surface area contributed by atoms with Gasteiger partial charge in [0, 0.05) is 63.9 Å². The Morgan fingerprint density at radius 3 is 2.30 bits per heavy atom. The zero-order chi connectivity index (χ0) is 16.8. The Hall–Kier alpha value is -2.64. The summed E-state index contributed by atoms with van der Waals surface area (Å²) in [4.78, 5) is 36.9. The van der Waals surface area contributed by atoms with E-state index in [4.69, 9.17) is 0 Å². The SMILES string of the molecule is CC(=O)NCCC(=O)N1CCN(c2ccc([N+](=O)[O-])cc2)CC1. The molecule has 1 aromatic rings. The molecule has 2 rings (SSSR count). The first kappa shape index (κ1) is 16.7. The van der Waals surface area contributed by atoms with E-state index in [9.17, 15) is 19.7 Å². The monoisotopic (exact) mass is 320 g/mol. The van der Waals surface area contributed by atoms with Crippen LogP contribution in [-0.2, 0) is 9.59 Å². The number of amides is 2. The molecule has 1 saturated heterocycles. The highest BCUT2D eigenvalue weighted by atomic mass is 16.6. The van der Waals surface area contributed by atoms with Crippen molar-refractivity contribution in [3.8, 4) is 0 Å². The lowest BCUT2D eigenvalue weighted by Crippen LogP contribution is -2.49. The average molecular weight is 320 g/mol. The maximum Gasteiger partial charge on any atom is 0.269 e. The lowest BCUT2D eigenvalue weighted by Gasteiger charge is -2.36. The van der Waals surface area contributed by atoms with Crippen molar-refractivity contribution < 1.29 is 14.5 Å². The number of carbonyl (C=O) groups excluding carboxylic acids is 2. The molecular formula is C15H20N4O4. The highest BCUT2D eigenvalue weighted by molar-refractivity contribution is 5.78. The van der Waals surface area contributed by atoms with Crippen molar-refractivity contribution in [3.63, 3.8) is 0 Å². The van der Waals surface area contributed by atoms with Gasteiger partial charge in [0.1, 0.15) is 0 Å². The van der Waals surface area contributed by atoms with E-state index in [2.05, 4.69) is 10.2 Å². The Kier molecular flexibility index (Phi) is 5.51. The minimum absolute atomic E-state index is 0.0297. The van der Waals surface area contributed by atoms with E-state index in [-0.39, 0.29) is 17.5 Å². The zero-order valence-corrected chi connectivity index (χ0v) is 13.0. The van der Waals surface area contributed by atoms with Gasteiger partial charge < -0.3 is 15.1 Å². The molecule has 23 heavy (non-hydrogen) atoms. The molecule has 124 valence electrons. The second-order valence-electron chi connectivity index (χ2n) is 5.37. The van der Waals surface area contributed by atoms with Gasteiger partial charge in [0.2, 0.25) is 11.8 Å². The van der Waals surface area contributed by atoms with Gasteiger partial charge in [-0.2, -0.15) is 0 Å². The highest BCUT2D eigenvalue weighted by Crippen LogP contribution is 2.20. The van der Waals surface area contributed by atoms with Gasteiger partial charge >= 0.3 is 0 Å². The number of nitrogens with zero attached hydrogens (tertiary/aromatic N) is 3. The van der Waals surface area contributed by atoms with Crippen molar-refractivity contribution in [1.29, 1.82) is 0 Å². The predicted molar refractivity (Wildman–Crippen MR) is 85.2 cm³/mol. The van der Waals surface area contributed by atoms with E-state index in [1.54, 1.807) is 17.0 Å². The van der Waals surface area contributed by atoms with Gasteiger partial charge in [-0.05, 0) is 12.1 Å². The molecule has 8 nitrogen and oxygen atoms in total. The Bertz CT molecular complexity index is 580. The maximum absolute atomic E-state index is 12.0. The Morgan fingerprint density at radius 2 is 1.78 bits per heavy atom. The summed E-state index contributed by atoms with van der Waals surface area (Å²) in [6.07, 6.45) is 0.303. The minimum atomic E-state index is -0.421. The second kappa shape index (κ2) is 7.57. The molecule has 0 spiro atoms. The quantitative estimate of drug-likeness (QED) is 0.638. The van der Waals surface area contributed by atoms with Crippen LogP contribution in [0.25, 0.3) is 0 Å². The number of anilines is 1. The smallest absolute Gasteiger partial charge is 0.269 e. The van der Waals surface area contributed by atoms with Crippen LogP contribution in [0, 0.1) is 10.1 Å². The van der Waals surface area contributed by atoms with Gasteiger partial charge in [0.25, 0.3) is 5.69 Å². The summed E-state index contributed by atoms with van der Waals surface area (Å²) in [7, 11) is 0. The van der Waals surface area contributed by atoms with Crippen molar-refractivity contribution in [2.75, 3.05) is 37.6 Å². The molecule has 1 aliphatic heterocycles. The molecule has 0 saturated carbocycles. The van der Waals surface area contributed by atoms with Gasteiger partial charge in [0.05, 0.1) is 4.92 Å². The number of non-ortho nitro benzene ring substituents is 1. The molecule has 2 amide bonds. The van der Waals surface area contributed by atoms with Crippen LogP contribution in [0.5, 0.6) is 0 Å². The third-order valence-corrected chi connectivity index (χ3v) is 3.77. The van der Waals surface area contributed by atoms with E-state index in [1.165, 1.54) is 19.1 Å². The fourth-order valence-electron chi connectivity index (χ4n) is 2.50. The fraction of sp³-hybridized carbons (Fsp3) is 0.467. The van der Waals surface area contributed by atoms with E-state index in [1.807, 2.05) is 0 Å². The summed E-state index contributed by atoms with van der Waals surface area (Å²) in [5, 5.41) is 13.3. The van der Waals surface area contributed by atoms with Crippen molar-refractivity contribution in [3.05, 3.63) is 34.4 Å². The number of carbonyl (C=O) groups is 2. The van der Waals surface area contributed by atoms with Crippen LogP contribution in [0.3, 0.4) is 0 Å². The van der Waals surface area contributed by atoms with Crippen LogP contribution in [0.4, 0.5) is 11.4 Å². The molecule has 0 unspecified atom stereocenters. The summed E-state index contributed by atoms with van der Waals surface area (Å²) in [6.45, 7) is 4.36. The van der Waals surface area contributed by atoms with Crippen LogP contribution in [0.15, 0.2) is 24.3 Å². The number of rotatable bonds is 5. The van der Waals surface area contributed by atoms with Crippen LogP contribution in [0.2, 0.25) is 0 Å².